The van der Waals surface area contributed by atoms with Gasteiger partial charge in [0, 0.05) is 18.5 Å². The third-order valence-corrected chi connectivity index (χ3v) is 3.24. The zero-order valence-corrected chi connectivity index (χ0v) is 10.0. The number of nitrogens with two attached hydrogens (primary N) is 1. The lowest BCUT2D eigenvalue weighted by molar-refractivity contribution is -0.122. The third-order valence-electron chi connectivity index (χ3n) is 3.24. The summed E-state index contributed by atoms with van der Waals surface area (Å²) in [6, 6.07) is 0. The lowest BCUT2D eigenvalue weighted by Gasteiger charge is -2.24. The van der Waals surface area contributed by atoms with Gasteiger partial charge in [-0.1, -0.05) is 25.7 Å². The smallest absolute Gasteiger partial charge is 0.220 e. The van der Waals surface area contributed by atoms with Gasteiger partial charge in [-0.15, -0.1) is 0 Å². The molecule has 1 saturated carbocycles. The van der Waals surface area contributed by atoms with Crippen LogP contribution < -0.4 is 11.1 Å². The quantitative estimate of drug-likeness (QED) is 0.730. The number of hydrogen-bond acceptors (Lipinski definition) is 2. The van der Waals surface area contributed by atoms with E-state index in [-0.39, 0.29) is 11.4 Å². The SMILES string of the molecule is CC(C)(CN)NC(=O)CCC1CCCC1. The van der Waals surface area contributed by atoms with E-state index in [2.05, 4.69) is 5.32 Å². The van der Waals surface area contributed by atoms with Gasteiger partial charge in [0.15, 0.2) is 0 Å². The molecule has 1 amide bonds. The van der Waals surface area contributed by atoms with Crippen LogP contribution in [-0.4, -0.2) is 18.0 Å². The van der Waals surface area contributed by atoms with Crippen LogP contribution in [0.5, 0.6) is 0 Å². The first-order valence-corrected chi connectivity index (χ1v) is 6.04. The summed E-state index contributed by atoms with van der Waals surface area (Å²) in [5.41, 5.74) is 5.30. The second-order valence-electron chi connectivity index (χ2n) is 5.33. The van der Waals surface area contributed by atoms with Crippen molar-refractivity contribution in [3.05, 3.63) is 0 Å². The van der Waals surface area contributed by atoms with Gasteiger partial charge < -0.3 is 11.1 Å². The third kappa shape index (κ3) is 4.65. The molecule has 0 spiro atoms. The zero-order valence-electron chi connectivity index (χ0n) is 10.0. The van der Waals surface area contributed by atoms with E-state index in [1.165, 1.54) is 25.7 Å². The first kappa shape index (κ1) is 12.5. The van der Waals surface area contributed by atoms with Crippen molar-refractivity contribution in [2.24, 2.45) is 11.7 Å². The molecule has 3 heteroatoms. The van der Waals surface area contributed by atoms with Crippen LogP contribution >= 0.6 is 0 Å². The highest BCUT2D eigenvalue weighted by Gasteiger charge is 2.20. The highest BCUT2D eigenvalue weighted by atomic mass is 16.1. The fraction of sp³-hybridized carbons (Fsp3) is 0.917. The molecule has 3 nitrogen and oxygen atoms in total. The molecule has 0 unspecified atom stereocenters. The summed E-state index contributed by atoms with van der Waals surface area (Å²) >= 11 is 0. The summed E-state index contributed by atoms with van der Waals surface area (Å²) in [5, 5.41) is 2.97. The van der Waals surface area contributed by atoms with E-state index in [1.807, 2.05) is 13.8 Å². The van der Waals surface area contributed by atoms with Crippen molar-refractivity contribution in [3.63, 3.8) is 0 Å². The van der Waals surface area contributed by atoms with Crippen LogP contribution in [0.2, 0.25) is 0 Å². The monoisotopic (exact) mass is 212 g/mol. The Morgan fingerprint density at radius 2 is 2.00 bits per heavy atom. The number of nitrogens with one attached hydrogen (secondary N) is 1. The van der Waals surface area contributed by atoms with Crippen molar-refractivity contribution in [1.82, 2.24) is 5.32 Å². The number of amides is 1. The molecule has 0 atom stereocenters. The summed E-state index contributed by atoms with van der Waals surface area (Å²) in [4.78, 5) is 11.6. The Bertz CT molecular complexity index is 208. The number of carbonyl (C=O) groups is 1. The van der Waals surface area contributed by atoms with Crippen molar-refractivity contribution < 1.29 is 4.79 Å². The topological polar surface area (TPSA) is 55.1 Å². The maximum Gasteiger partial charge on any atom is 0.220 e. The number of hydrogen-bond donors (Lipinski definition) is 2. The number of carbonyl (C=O) groups excluding carboxylic acids is 1. The van der Waals surface area contributed by atoms with Crippen LogP contribution in [0.15, 0.2) is 0 Å². The molecule has 15 heavy (non-hydrogen) atoms. The summed E-state index contributed by atoms with van der Waals surface area (Å²) in [6.07, 6.45) is 7.03. The predicted octanol–water partition coefficient (Wildman–Crippen LogP) is 1.81. The van der Waals surface area contributed by atoms with E-state index < -0.39 is 0 Å². The van der Waals surface area contributed by atoms with Gasteiger partial charge in [0.25, 0.3) is 0 Å². The van der Waals surface area contributed by atoms with Crippen molar-refractivity contribution in [3.8, 4) is 0 Å². The van der Waals surface area contributed by atoms with Gasteiger partial charge in [0.1, 0.15) is 0 Å². The molecule has 0 aromatic rings. The molecule has 0 aromatic heterocycles. The van der Waals surface area contributed by atoms with Gasteiger partial charge in [0.2, 0.25) is 5.91 Å². The molecule has 0 radical (unpaired) electrons. The van der Waals surface area contributed by atoms with Crippen molar-refractivity contribution in [2.75, 3.05) is 6.54 Å². The van der Waals surface area contributed by atoms with Crippen LogP contribution in [0.4, 0.5) is 0 Å². The van der Waals surface area contributed by atoms with Gasteiger partial charge in [-0.25, -0.2) is 0 Å². The Morgan fingerprint density at radius 3 is 2.53 bits per heavy atom. The molecule has 1 rings (SSSR count). The summed E-state index contributed by atoms with van der Waals surface area (Å²) in [6.45, 7) is 4.41. The Labute approximate surface area is 92.8 Å². The lowest BCUT2D eigenvalue weighted by Crippen LogP contribution is -2.48. The van der Waals surface area contributed by atoms with E-state index in [0.717, 1.165) is 12.3 Å². The standard InChI is InChI=1S/C12H24N2O/c1-12(2,9-13)14-11(15)8-7-10-5-3-4-6-10/h10H,3-9,13H2,1-2H3,(H,14,15). The average molecular weight is 212 g/mol. The molecule has 0 aliphatic heterocycles. The van der Waals surface area contributed by atoms with E-state index in [9.17, 15) is 4.79 Å². The lowest BCUT2D eigenvalue weighted by atomic mass is 10.0. The van der Waals surface area contributed by atoms with Gasteiger partial charge in [-0.05, 0) is 26.2 Å². The fourth-order valence-electron chi connectivity index (χ4n) is 2.13. The van der Waals surface area contributed by atoms with Crippen molar-refractivity contribution in [1.29, 1.82) is 0 Å². The molecular weight excluding hydrogens is 188 g/mol. The molecule has 0 bridgehead atoms. The molecular formula is C12H24N2O. The van der Waals surface area contributed by atoms with Gasteiger partial charge in [-0.2, -0.15) is 0 Å². The molecule has 1 aliphatic rings. The molecule has 0 aromatic carbocycles. The fourth-order valence-corrected chi connectivity index (χ4v) is 2.13. The highest BCUT2D eigenvalue weighted by molar-refractivity contribution is 5.76. The molecule has 1 aliphatic carbocycles. The van der Waals surface area contributed by atoms with E-state index in [4.69, 9.17) is 5.73 Å². The molecule has 0 heterocycles. The second kappa shape index (κ2) is 5.50. The minimum atomic E-state index is -0.257. The maximum atomic E-state index is 11.6. The zero-order chi connectivity index (χ0) is 11.3. The Kier molecular flexibility index (Phi) is 4.58. The minimum absolute atomic E-state index is 0.150. The minimum Gasteiger partial charge on any atom is -0.350 e. The van der Waals surface area contributed by atoms with E-state index in [0.29, 0.717) is 13.0 Å². The molecule has 3 N–H and O–H groups in total. The molecule has 0 saturated heterocycles. The average Bonchev–Trinajstić information content (AvgIpc) is 2.66. The van der Waals surface area contributed by atoms with Gasteiger partial charge in [0.05, 0.1) is 0 Å². The number of rotatable bonds is 5. The van der Waals surface area contributed by atoms with Crippen LogP contribution in [0, 0.1) is 5.92 Å². The summed E-state index contributed by atoms with van der Waals surface area (Å²) in [7, 11) is 0. The van der Waals surface area contributed by atoms with Gasteiger partial charge >= 0.3 is 0 Å². The predicted molar refractivity (Wildman–Crippen MR) is 62.5 cm³/mol. The van der Waals surface area contributed by atoms with Crippen LogP contribution in [0.1, 0.15) is 52.4 Å². The second-order valence-corrected chi connectivity index (χ2v) is 5.33. The molecule has 1 fully saturated rings. The summed E-state index contributed by atoms with van der Waals surface area (Å²) in [5.74, 6) is 0.939. The van der Waals surface area contributed by atoms with E-state index in [1.54, 1.807) is 0 Å². The molecule has 88 valence electrons. The maximum absolute atomic E-state index is 11.6. The normalized spacial score (nSPS) is 18.1. The van der Waals surface area contributed by atoms with Crippen LogP contribution in [-0.2, 0) is 4.79 Å². The van der Waals surface area contributed by atoms with Crippen LogP contribution in [0.3, 0.4) is 0 Å². The first-order chi connectivity index (χ1) is 7.03. The summed E-state index contributed by atoms with van der Waals surface area (Å²) < 4.78 is 0. The van der Waals surface area contributed by atoms with E-state index >= 15 is 0 Å². The van der Waals surface area contributed by atoms with Crippen LogP contribution in [0.25, 0.3) is 0 Å². The van der Waals surface area contributed by atoms with Crippen molar-refractivity contribution in [2.45, 2.75) is 57.9 Å². The highest BCUT2D eigenvalue weighted by Crippen LogP contribution is 2.28. The largest absolute Gasteiger partial charge is 0.350 e. The Hall–Kier alpha value is -0.570. The van der Waals surface area contributed by atoms with Gasteiger partial charge in [-0.3, -0.25) is 4.79 Å². The first-order valence-electron chi connectivity index (χ1n) is 6.04. The Morgan fingerprint density at radius 1 is 1.40 bits per heavy atom. The Balaban J connectivity index is 2.18. The van der Waals surface area contributed by atoms with Crippen molar-refractivity contribution >= 4 is 5.91 Å².